The third-order valence-electron chi connectivity index (χ3n) is 2.41. The molecule has 0 spiro atoms. The van der Waals surface area contributed by atoms with Gasteiger partial charge >= 0.3 is 5.97 Å². The van der Waals surface area contributed by atoms with E-state index in [1.807, 2.05) is 0 Å². The molecule has 0 heterocycles. The minimum Gasteiger partial charge on any atom is -0.467 e. The summed E-state index contributed by atoms with van der Waals surface area (Å²) in [4.78, 5) is 21.1. The van der Waals surface area contributed by atoms with Crippen molar-refractivity contribution in [3.05, 3.63) is 32.8 Å². The number of nitrogens with zero attached hydrogens (tertiary/aromatic N) is 1. The van der Waals surface area contributed by atoms with Crippen molar-refractivity contribution in [3.8, 4) is 0 Å². The second-order valence-electron chi connectivity index (χ2n) is 3.60. The van der Waals surface area contributed by atoms with Crippen LogP contribution in [0.5, 0.6) is 0 Å². The lowest BCUT2D eigenvalue weighted by molar-refractivity contribution is -0.384. The van der Waals surface area contributed by atoms with Crippen molar-refractivity contribution in [3.63, 3.8) is 0 Å². The molecule has 4 N–H and O–H groups in total. The molecule has 0 aliphatic rings. The van der Waals surface area contributed by atoms with Crippen LogP contribution in [0, 0.1) is 10.1 Å². The highest BCUT2D eigenvalue weighted by atomic mass is 35.5. The van der Waals surface area contributed by atoms with E-state index < -0.39 is 28.8 Å². The van der Waals surface area contributed by atoms with E-state index >= 15 is 0 Å². The van der Waals surface area contributed by atoms with Gasteiger partial charge in [0.25, 0.3) is 5.69 Å². The van der Waals surface area contributed by atoms with Crippen molar-refractivity contribution < 1.29 is 24.7 Å². The van der Waals surface area contributed by atoms with Gasteiger partial charge in [0.2, 0.25) is 0 Å². The largest absolute Gasteiger partial charge is 0.467 e. The third-order valence-corrected chi connectivity index (χ3v) is 2.63. The van der Waals surface area contributed by atoms with Crippen molar-refractivity contribution in [2.75, 3.05) is 12.8 Å². The number of benzene rings is 1. The summed E-state index contributed by atoms with van der Waals surface area (Å²) in [5.41, 5.74) is 4.37. The first-order valence-corrected chi connectivity index (χ1v) is 5.34. The van der Waals surface area contributed by atoms with Crippen LogP contribution < -0.4 is 5.73 Å². The first-order valence-electron chi connectivity index (χ1n) is 4.96. The molecule has 1 aromatic rings. The van der Waals surface area contributed by atoms with Gasteiger partial charge in [-0.2, -0.15) is 0 Å². The number of hydrogen-bond donors (Lipinski definition) is 3. The van der Waals surface area contributed by atoms with Gasteiger partial charge in [-0.15, -0.1) is 0 Å². The minimum absolute atomic E-state index is 0.0629. The molecule has 0 saturated carbocycles. The molecule has 8 nitrogen and oxygen atoms in total. The smallest absolute Gasteiger partial charge is 0.337 e. The normalized spacial score (nSPS) is 13.7. The van der Waals surface area contributed by atoms with E-state index in [0.29, 0.717) is 0 Å². The molecular formula is C10H11ClN2O6. The summed E-state index contributed by atoms with van der Waals surface area (Å²) in [7, 11) is 1.02. The molecule has 2 unspecified atom stereocenters. The summed E-state index contributed by atoms with van der Waals surface area (Å²) in [5, 5.41) is 30.0. The summed E-state index contributed by atoms with van der Waals surface area (Å²) in [6.45, 7) is 0. The Morgan fingerprint density at radius 2 is 2.11 bits per heavy atom. The van der Waals surface area contributed by atoms with Gasteiger partial charge in [0.15, 0.2) is 6.10 Å². The number of nitro groups is 1. The molecule has 0 saturated heterocycles. The molecule has 1 aromatic carbocycles. The molecule has 104 valence electrons. The summed E-state index contributed by atoms with van der Waals surface area (Å²) < 4.78 is 4.25. The Kier molecular flexibility index (Phi) is 4.65. The maximum absolute atomic E-state index is 11.1. The quantitative estimate of drug-likeness (QED) is 0.316. The number of nitrogen functional groups attached to an aromatic ring is 1. The van der Waals surface area contributed by atoms with E-state index in [-0.39, 0.29) is 16.3 Å². The van der Waals surface area contributed by atoms with E-state index in [4.69, 9.17) is 17.3 Å². The molecule has 0 aromatic heterocycles. The molecule has 2 atom stereocenters. The highest BCUT2D eigenvalue weighted by Crippen LogP contribution is 2.34. The molecule has 0 bridgehead atoms. The summed E-state index contributed by atoms with van der Waals surface area (Å²) in [5.74, 6) is -1.10. The number of hydrogen-bond acceptors (Lipinski definition) is 7. The Morgan fingerprint density at radius 1 is 1.53 bits per heavy atom. The summed E-state index contributed by atoms with van der Waals surface area (Å²) in [6, 6.07) is 2.12. The second-order valence-corrected chi connectivity index (χ2v) is 4.03. The number of rotatable bonds is 4. The summed E-state index contributed by atoms with van der Waals surface area (Å²) >= 11 is 5.66. The number of carbonyl (C=O) groups excluding carboxylic acids is 1. The van der Waals surface area contributed by atoms with Gasteiger partial charge in [0.05, 0.1) is 12.0 Å². The zero-order valence-electron chi connectivity index (χ0n) is 9.74. The molecule has 0 amide bonds. The summed E-state index contributed by atoms with van der Waals surface area (Å²) in [6.07, 6.45) is -3.71. The fourth-order valence-corrected chi connectivity index (χ4v) is 1.66. The fourth-order valence-electron chi connectivity index (χ4n) is 1.44. The number of ether oxygens (including phenoxy) is 1. The zero-order valence-corrected chi connectivity index (χ0v) is 10.5. The van der Waals surface area contributed by atoms with Gasteiger partial charge in [-0.05, 0) is 6.07 Å². The van der Waals surface area contributed by atoms with Gasteiger partial charge < -0.3 is 20.7 Å². The molecule has 9 heteroatoms. The van der Waals surface area contributed by atoms with Gasteiger partial charge in [-0.3, -0.25) is 10.1 Å². The Balaban J connectivity index is 3.27. The first-order chi connectivity index (χ1) is 8.79. The number of methoxy groups -OCH3 is 1. The highest BCUT2D eigenvalue weighted by molar-refractivity contribution is 6.31. The maximum Gasteiger partial charge on any atom is 0.337 e. The number of aliphatic hydroxyl groups excluding tert-OH is 2. The van der Waals surface area contributed by atoms with Crippen LogP contribution in [-0.4, -0.2) is 34.3 Å². The lowest BCUT2D eigenvalue weighted by Gasteiger charge is -2.17. The van der Waals surface area contributed by atoms with E-state index in [9.17, 15) is 25.1 Å². The van der Waals surface area contributed by atoms with Crippen LogP contribution in [0.25, 0.3) is 0 Å². The number of nitro benzene ring substituents is 1. The van der Waals surface area contributed by atoms with Crippen LogP contribution in [0.4, 0.5) is 11.4 Å². The standard InChI is InChI=1S/C10H11ClN2O6/c1-19-10(16)9(15)8(14)5-2-4(11)3-6(7(5)12)13(17)18/h2-3,8-9,14-15H,12H2,1H3. The first kappa shape index (κ1) is 15.2. The molecule has 0 aliphatic heterocycles. The molecule has 1 rings (SSSR count). The average Bonchev–Trinajstić information content (AvgIpc) is 2.37. The van der Waals surface area contributed by atoms with Crippen molar-refractivity contribution in [2.45, 2.75) is 12.2 Å². The van der Waals surface area contributed by atoms with Crippen molar-refractivity contribution in [2.24, 2.45) is 0 Å². The Labute approximate surface area is 112 Å². The lowest BCUT2D eigenvalue weighted by Crippen LogP contribution is -2.29. The van der Waals surface area contributed by atoms with Crippen LogP contribution in [0.2, 0.25) is 5.02 Å². The van der Waals surface area contributed by atoms with Crippen LogP contribution in [0.1, 0.15) is 11.7 Å². The average molecular weight is 291 g/mol. The Hall–Kier alpha value is -1.90. The predicted molar refractivity (Wildman–Crippen MR) is 65.5 cm³/mol. The molecule has 0 aliphatic carbocycles. The molecule has 0 radical (unpaired) electrons. The van der Waals surface area contributed by atoms with Crippen molar-refractivity contribution in [1.29, 1.82) is 0 Å². The van der Waals surface area contributed by atoms with E-state index in [2.05, 4.69) is 4.74 Å². The monoisotopic (exact) mass is 290 g/mol. The fraction of sp³-hybridized carbons (Fsp3) is 0.300. The Bertz CT molecular complexity index is 521. The number of aliphatic hydroxyl groups is 2. The minimum atomic E-state index is -1.93. The van der Waals surface area contributed by atoms with Gasteiger partial charge in [-0.1, -0.05) is 11.6 Å². The van der Waals surface area contributed by atoms with Crippen molar-refractivity contribution in [1.82, 2.24) is 0 Å². The molecule has 19 heavy (non-hydrogen) atoms. The van der Waals surface area contributed by atoms with Crippen LogP contribution >= 0.6 is 11.6 Å². The van der Waals surface area contributed by atoms with Gasteiger partial charge in [0, 0.05) is 16.7 Å². The molecular weight excluding hydrogens is 280 g/mol. The zero-order chi connectivity index (χ0) is 14.7. The third kappa shape index (κ3) is 3.11. The van der Waals surface area contributed by atoms with Crippen molar-refractivity contribution >= 4 is 28.9 Å². The van der Waals surface area contributed by atoms with Crippen LogP contribution in [0.3, 0.4) is 0 Å². The predicted octanol–water partition coefficient (Wildman–Crippen LogP) is 0.398. The van der Waals surface area contributed by atoms with E-state index in [1.54, 1.807) is 0 Å². The number of halogens is 1. The van der Waals surface area contributed by atoms with Gasteiger partial charge in [0.1, 0.15) is 11.8 Å². The number of nitrogens with two attached hydrogens (primary N) is 1. The number of carbonyl (C=O) groups is 1. The lowest BCUT2D eigenvalue weighted by atomic mass is 10.0. The second kappa shape index (κ2) is 5.83. The topological polar surface area (TPSA) is 136 Å². The number of esters is 1. The molecule has 0 fully saturated rings. The Morgan fingerprint density at radius 3 is 2.58 bits per heavy atom. The van der Waals surface area contributed by atoms with Crippen LogP contribution in [0.15, 0.2) is 12.1 Å². The maximum atomic E-state index is 11.1. The highest BCUT2D eigenvalue weighted by Gasteiger charge is 2.30. The number of anilines is 1. The van der Waals surface area contributed by atoms with E-state index in [0.717, 1.165) is 19.2 Å². The van der Waals surface area contributed by atoms with Crippen LogP contribution in [-0.2, 0) is 9.53 Å². The van der Waals surface area contributed by atoms with Gasteiger partial charge in [-0.25, -0.2) is 4.79 Å². The SMILES string of the molecule is COC(=O)C(O)C(O)c1cc(Cl)cc([N+](=O)[O-])c1N. The van der Waals surface area contributed by atoms with E-state index in [1.165, 1.54) is 0 Å².